The van der Waals surface area contributed by atoms with Crippen molar-refractivity contribution in [3.05, 3.63) is 36.2 Å². The number of ether oxygens (including phenoxy) is 1. The maximum absolute atomic E-state index is 13.7. The molecule has 10 nitrogen and oxygen atoms in total. The fraction of sp³-hybridized carbons (Fsp3) is 0.556. The van der Waals surface area contributed by atoms with Gasteiger partial charge in [0.15, 0.2) is 6.04 Å². The standard InChI is InChI=1S/C27H29F3N6O4/c1-26(2)17-12-36(24(38)18(9-14-7-8-40-13-14)34-25(39)27(28,29)30)22(20(17)26)23(37)33-19(10-31)21-16-6-4-3-5-15(16)11-32-35-21/h3-6,11,14,17-20,22H,7-9,12-13H2,1-2H3,(H,33,37)(H,34,39)/t14?,17-,18?,19?,20-,22-/m0/s1. The Balaban J connectivity index is 1.40. The topological polar surface area (TPSA) is 137 Å². The molecule has 1 aliphatic carbocycles. The van der Waals surface area contributed by atoms with Crippen LogP contribution >= 0.6 is 0 Å². The molecule has 6 atom stereocenters. The zero-order valence-corrected chi connectivity index (χ0v) is 21.9. The molecule has 2 saturated heterocycles. The van der Waals surface area contributed by atoms with Crippen molar-refractivity contribution in [2.75, 3.05) is 19.8 Å². The summed E-state index contributed by atoms with van der Waals surface area (Å²) in [5, 5.41) is 23.8. The molecule has 1 aromatic carbocycles. The number of fused-ring (bicyclic) bond motifs is 2. The molecule has 5 rings (SSSR count). The number of piperidine rings is 1. The third kappa shape index (κ3) is 5.08. The Labute approximate surface area is 228 Å². The summed E-state index contributed by atoms with van der Waals surface area (Å²) in [6.45, 7) is 4.75. The number of carbonyl (C=O) groups is 3. The average molecular weight is 559 g/mol. The molecular weight excluding hydrogens is 529 g/mol. The van der Waals surface area contributed by atoms with Crippen molar-refractivity contribution in [1.29, 1.82) is 5.26 Å². The van der Waals surface area contributed by atoms with Gasteiger partial charge in [-0.3, -0.25) is 14.4 Å². The molecule has 2 aliphatic heterocycles. The second kappa shape index (κ2) is 10.3. The van der Waals surface area contributed by atoms with Gasteiger partial charge in [-0.2, -0.15) is 28.6 Å². The van der Waals surface area contributed by atoms with E-state index >= 15 is 0 Å². The third-order valence-electron chi connectivity index (χ3n) is 8.50. The number of nitrogens with zero attached hydrogens (tertiary/aromatic N) is 4. The summed E-state index contributed by atoms with van der Waals surface area (Å²) in [6.07, 6.45) is -3.13. The first-order valence-electron chi connectivity index (χ1n) is 13.1. The number of halogens is 3. The number of hydrogen-bond acceptors (Lipinski definition) is 7. The largest absolute Gasteiger partial charge is 0.471 e. The number of carbonyl (C=O) groups excluding carboxylic acids is 3. The van der Waals surface area contributed by atoms with Gasteiger partial charge < -0.3 is 20.3 Å². The van der Waals surface area contributed by atoms with Gasteiger partial charge in [-0.15, -0.1) is 0 Å². The van der Waals surface area contributed by atoms with Gasteiger partial charge in [-0.1, -0.05) is 38.1 Å². The predicted molar refractivity (Wildman–Crippen MR) is 134 cm³/mol. The van der Waals surface area contributed by atoms with Crippen LogP contribution in [0.25, 0.3) is 10.8 Å². The van der Waals surface area contributed by atoms with E-state index in [0.717, 1.165) is 5.39 Å². The maximum atomic E-state index is 13.7. The molecule has 1 aromatic heterocycles. The van der Waals surface area contributed by atoms with Crippen LogP contribution in [0.5, 0.6) is 0 Å². The highest BCUT2D eigenvalue weighted by molar-refractivity contribution is 5.95. The quantitative estimate of drug-likeness (QED) is 0.532. The summed E-state index contributed by atoms with van der Waals surface area (Å²) in [5.41, 5.74) is -0.0440. The SMILES string of the molecule is CC1(C)[C@@H]2[C@@H](C(=O)NC(C#N)c3nncc4ccccc34)N(C(=O)C(CC3CCOC3)NC(=O)C(F)(F)F)C[C@@H]21. The minimum atomic E-state index is -5.17. The first kappa shape index (κ1) is 27.8. The van der Waals surface area contributed by atoms with Crippen LogP contribution in [0.15, 0.2) is 30.5 Å². The summed E-state index contributed by atoms with van der Waals surface area (Å²) >= 11 is 0. The molecular formula is C27H29F3N6O4. The predicted octanol–water partition coefficient (Wildman–Crippen LogP) is 2.27. The molecule has 1 saturated carbocycles. The highest BCUT2D eigenvalue weighted by Crippen LogP contribution is 2.65. The molecule has 13 heteroatoms. The smallest absolute Gasteiger partial charge is 0.381 e. The van der Waals surface area contributed by atoms with E-state index in [2.05, 4.69) is 15.5 Å². The lowest BCUT2D eigenvalue weighted by atomic mass is 9.95. The minimum absolute atomic E-state index is 0.0450. The fourth-order valence-electron chi connectivity index (χ4n) is 6.23. The normalized spacial score (nSPS) is 26.4. The lowest BCUT2D eigenvalue weighted by Crippen LogP contribution is -2.57. The van der Waals surface area contributed by atoms with Crippen molar-refractivity contribution in [2.45, 2.75) is 51.0 Å². The Kier molecular flexibility index (Phi) is 7.16. The lowest BCUT2D eigenvalue weighted by molar-refractivity contribution is -0.175. The summed E-state index contributed by atoms with van der Waals surface area (Å²) in [7, 11) is 0. The van der Waals surface area contributed by atoms with Gasteiger partial charge in [0, 0.05) is 30.5 Å². The molecule has 0 spiro atoms. The van der Waals surface area contributed by atoms with E-state index in [1.54, 1.807) is 24.3 Å². The number of aromatic nitrogens is 2. The van der Waals surface area contributed by atoms with Crippen LogP contribution in [0.4, 0.5) is 13.2 Å². The van der Waals surface area contributed by atoms with Crippen molar-refractivity contribution in [3.8, 4) is 6.07 Å². The molecule has 3 unspecified atom stereocenters. The second-order valence-electron chi connectivity index (χ2n) is 11.3. The van der Waals surface area contributed by atoms with E-state index in [1.165, 1.54) is 11.1 Å². The number of likely N-dealkylation sites (tertiary alicyclic amines) is 1. The van der Waals surface area contributed by atoms with E-state index in [4.69, 9.17) is 4.74 Å². The Hall–Kier alpha value is -3.79. The van der Waals surface area contributed by atoms with E-state index < -0.39 is 42.0 Å². The lowest BCUT2D eigenvalue weighted by Gasteiger charge is -2.34. The number of nitriles is 1. The first-order valence-corrected chi connectivity index (χ1v) is 13.1. The van der Waals surface area contributed by atoms with Gasteiger partial charge in [-0.25, -0.2) is 0 Å². The minimum Gasteiger partial charge on any atom is -0.381 e. The van der Waals surface area contributed by atoms with Gasteiger partial charge in [0.2, 0.25) is 11.8 Å². The first-order chi connectivity index (χ1) is 18.9. The number of benzene rings is 1. The molecule has 3 amide bonds. The van der Waals surface area contributed by atoms with E-state index in [1.807, 2.05) is 25.2 Å². The molecule has 0 bridgehead atoms. The monoisotopic (exact) mass is 558 g/mol. The Morgan fingerprint density at radius 3 is 2.67 bits per heavy atom. The summed E-state index contributed by atoms with van der Waals surface area (Å²) in [6, 6.07) is 5.46. The van der Waals surface area contributed by atoms with Crippen molar-refractivity contribution in [2.24, 2.45) is 23.2 Å². The van der Waals surface area contributed by atoms with Crippen molar-refractivity contribution in [1.82, 2.24) is 25.7 Å². The number of hydrogen-bond donors (Lipinski definition) is 2. The van der Waals surface area contributed by atoms with Gasteiger partial charge in [-0.05, 0) is 36.0 Å². The zero-order chi connectivity index (χ0) is 28.8. The Morgan fingerprint density at radius 1 is 1.25 bits per heavy atom. The van der Waals surface area contributed by atoms with E-state index in [0.29, 0.717) is 18.4 Å². The van der Waals surface area contributed by atoms with Crippen LogP contribution in [0, 0.1) is 34.5 Å². The molecule has 212 valence electrons. The summed E-state index contributed by atoms with van der Waals surface area (Å²) < 4.78 is 44.7. The van der Waals surface area contributed by atoms with Gasteiger partial charge >= 0.3 is 12.1 Å². The number of alkyl halides is 3. The molecule has 0 radical (unpaired) electrons. The van der Waals surface area contributed by atoms with E-state index in [-0.39, 0.29) is 48.4 Å². The van der Waals surface area contributed by atoms with Crippen molar-refractivity contribution < 1.29 is 32.3 Å². The number of amides is 3. The molecule has 2 aromatic rings. The molecule has 3 fully saturated rings. The third-order valence-corrected chi connectivity index (χ3v) is 8.50. The molecule has 2 N–H and O–H groups in total. The van der Waals surface area contributed by atoms with Gasteiger partial charge in [0.1, 0.15) is 17.8 Å². The second-order valence-corrected chi connectivity index (χ2v) is 11.3. The summed E-state index contributed by atoms with van der Waals surface area (Å²) in [4.78, 5) is 40.5. The van der Waals surface area contributed by atoms with Crippen LogP contribution in [-0.4, -0.2) is 70.8 Å². The zero-order valence-electron chi connectivity index (χ0n) is 21.9. The highest BCUT2D eigenvalue weighted by atomic mass is 19.4. The fourth-order valence-corrected chi connectivity index (χ4v) is 6.23. The summed E-state index contributed by atoms with van der Waals surface area (Å²) in [5.74, 6) is -4.11. The Bertz CT molecular complexity index is 1360. The Morgan fingerprint density at radius 2 is 2.00 bits per heavy atom. The van der Waals surface area contributed by atoms with Crippen molar-refractivity contribution in [3.63, 3.8) is 0 Å². The number of rotatable bonds is 7. The van der Waals surface area contributed by atoms with Crippen molar-refractivity contribution >= 4 is 28.5 Å². The average Bonchev–Trinajstić information content (AvgIpc) is 3.34. The van der Waals surface area contributed by atoms with Gasteiger partial charge in [0.05, 0.1) is 12.3 Å². The van der Waals surface area contributed by atoms with E-state index in [9.17, 15) is 32.8 Å². The van der Waals surface area contributed by atoms with Crippen LogP contribution in [0.1, 0.15) is 38.4 Å². The van der Waals surface area contributed by atoms with Crippen LogP contribution in [0.2, 0.25) is 0 Å². The van der Waals surface area contributed by atoms with Crippen LogP contribution < -0.4 is 10.6 Å². The molecule has 3 aliphatic rings. The number of nitrogens with one attached hydrogen (secondary N) is 2. The van der Waals surface area contributed by atoms with Crippen LogP contribution in [-0.2, 0) is 19.1 Å². The maximum Gasteiger partial charge on any atom is 0.471 e. The van der Waals surface area contributed by atoms with Gasteiger partial charge in [0.25, 0.3) is 0 Å². The van der Waals surface area contributed by atoms with Crippen LogP contribution in [0.3, 0.4) is 0 Å². The highest BCUT2D eigenvalue weighted by Gasteiger charge is 2.69. The molecule has 40 heavy (non-hydrogen) atoms. The molecule has 3 heterocycles.